The average molecular weight is 312 g/mol. The van der Waals surface area contributed by atoms with Crippen LogP contribution in [0.1, 0.15) is 5.56 Å². The molecule has 1 aromatic heterocycles. The standard InChI is InChI=1S/C17H20N4O2/c22-17-14-9-20(10-15(19-17)12-23-11-14)8-13-3-1-4-16(7-13)21-6-2-5-18-21/h1-7,14-15H,8-12H2,(H,19,22)/t14-,15+/m1/s1. The van der Waals surface area contributed by atoms with E-state index in [9.17, 15) is 4.79 Å². The van der Waals surface area contributed by atoms with Crippen LogP contribution >= 0.6 is 0 Å². The van der Waals surface area contributed by atoms with Gasteiger partial charge in [-0.3, -0.25) is 9.69 Å². The van der Waals surface area contributed by atoms with Crippen LogP contribution in [0.3, 0.4) is 0 Å². The van der Waals surface area contributed by atoms with Gasteiger partial charge in [0.2, 0.25) is 5.91 Å². The molecule has 0 radical (unpaired) electrons. The number of rotatable bonds is 3. The molecule has 120 valence electrons. The van der Waals surface area contributed by atoms with E-state index in [1.807, 2.05) is 23.0 Å². The summed E-state index contributed by atoms with van der Waals surface area (Å²) in [6, 6.07) is 10.4. The Bertz CT molecular complexity index is 686. The second kappa shape index (κ2) is 6.14. The smallest absolute Gasteiger partial charge is 0.227 e. The van der Waals surface area contributed by atoms with E-state index in [1.165, 1.54) is 5.56 Å². The van der Waals surface area contributed by atoms with Crippen molar-refractivity contribution in [2.24, 2.45) is 5.92 Å². The maximum Gasteiger partial charge on any atom is 0.227 e. The molecule has 0 saturated carbocycles. The van der Waals surface area contributed by atoms with Crippen molar-refractivity contribution in [3.8, 4) is 5.69 Å². The Morgan fingerprint density at radius 2 is 2.22 bits per heavy atom. The largest absolute Gasteiger partial charge is 0.378 e. The predicted octanol–water partition coefficient (Wildman–Crippen LogP) is 0.819. The topological polar surface area (TPSA) is 59.4 Å². The highest BCUT2D eigenvalue weighted by molar-refractivity contribution is 5.79. The predicted molar refractivity (Wildman–Crippen MR) is 85.1 cm³/mol. The van der Waals surface area contributed by atoms with Gasteiger partial charge in [-0.1, -0.05) is 12.1 Å². The number of carbonyl (C=O) groups excluding carboxylic acids is 1. The lowest BCUT2D eigenvalue weighted by Gasteiger charge is -2.27. The molecule has 0 spiro atoms. The monoisotopic (exact) mass is 312 g/mol. The fourth-order valence-corrected chi connectivity index (χ4v) is 3.33. The Morgan fingerprint density at radius 1 is 1.26 bits per heavy atom. The molecule has 6 heteroatoms. The van der Waals surface area contributed by atoms with E-state index >= 15 is 0 Å². The van der Waals surface area contributed by atoms with E-state index < -0.39 is 0 Å². The number of aromatic nitrogens is 2. The number of amides is 1. The summed E-state index contributed by atoms with van der Waals surface area (Å²) in [4.78, 5) is 14.4. The number of ether oxygens (including phenoxy) is 1. The molecule has 0 unspecified atom stereocenters. The van der Waals surface area contributed by atoms with Gasteiger partial charge in [0.15, 0.2) is 0 Å². The number of nitrogens with one attached hydrogen (secondary N) is 1. The van der Waals surface area contributed by atoms with Gasteiger partial charge in [-0.25, -0.2) is 4.68 Å². The van der Waals surface area contributed by atoms with Crippen molar-refractivity contribution in [1.82, 2.24) is 20.0 Å². The van der Waals surface area contributed by atoms with Crippen LogP contribution in [0.15, 0.2) is 42.7 Å². The lowest BCUT2D eigenvalue weighted by Crippen LogP contribution is -2.41. The first-order chi connectivity index (χ1) is 11.3. The molecule has 2 bridgehead atoms. The van der Waals surface area contributed by atoms with Crippen molar-refractivity contribution in [1.29, 1.82) is 0 Å². The Hall–Kier alpha value is -2.18. The SMILES string of the molecule is O=C1N[C@@H]2COC[C@H]1CN(Cc1cccc(-n3cccn3)c1)C2. The molecule has 2 aromatic rings. The van der Waals surface area contributed by atoms with Crippen LogP contribution in [0.4, 0.5) is 0 Å². The van der Waals surface area contributed by atoms with E-state index in [0.29, 0.717) is 13.2 Å². The van der Waals surface area contributed by atoms with Gasteiger partial charge >= 0.3 is 0 Å². The zero-order valence-electron chi connectivity index (χ0n) is 12.9. The van der Waals surface area contributed by atoms with Crippen molar-refractivity contribution >= 4 is 5.91 Å². The van der Waals surface area contributed by atoms with Crippen molar-refractivity contribution in [3.63, 3.8) is 0 Å². The molecule has 4 rings (SSSR count). The van der Waals surface area contributed by atoms with Gasteiger partial charge in [0, 0.05) is 32.0 Å². The highest BCUT2D eigenvalue weighted by Crippen LogP contribution is 2.17. The molecule has 3 heterocycles. The molecule has 0 aliphatic carbocycles. The van der Waals surface area contributed by atoms with Gasteiger partial charge in [-0.2, -0.15) is 5.10 Å². The summed E-state index contributed by atoms with van der Waals surface area (Å²) in [7, 11) is 0. The maximum atomic E-state index is 12.1. The first-order valence-corrected chi connectivity index (χ1v) is 7.97. The van der Waals surface area contributed by atoms with Gasteiger partial charge in [0.05, 0.1) is 30.9 Å². The van der Waals surface area contributed by atoms with E-state index in [0.717, 1.165) is 25.3 Å². The van der Waals surface area contributed by atoms with Crippen LogP contribution in [-0.2, 0) is 16.1 Å². The Morgan fingerprint density at radius 3 is 3.09 bits per heavy atom. The van der Waals surface area contributed by atoms with E-state index in [4.69, 9.17) is 4.74 Å². The minimum absolute atomic E-state index is 0.0724. The van der Waals surface area contributed by atoms with Crippen LogP contribution in [0.5, 0.6) is 0 Å². The van der Waals surface area contributed by atoms with E-state index in [2.05, 4.69) is 33.5 Å². The molecule has 6 nitrogen and oxygen atoms in total. The maximum absolute atomic E-state index is 12.1. The number of fused-ring (bicyclic) bond motifs is 3. The third kappa shape index (κ3) is 3.13. The van der Waals surface area contributed by atoms with Crippen LogP contribution in [0, 0.1) is 5.92 Å². The zero-order valence-corrected chi connectivity index (χ0v) is 12.9. The first-order valence-electron chi connectivity index (χ1n) is 7.97. The average Bonchev–Trinajstić information content (AvgIpc) is 2.95. The molecular weight excluding hydrogens is 292 g/mol. The quantitative estimate of drug-likeness (QED) is 0.911. The third-order valence-electron chi connectivity index (χ3n) is 4.40. The summed E-state index contributed by atoms with van der Waals surface area (Å²) in [6.45, 7) is 3.53. The zero-order chi connectivity index (χ0) is 15.6. The Kier molecular flexibility index (Phi) is 3.85. The van der Waals surface area contributed by atoms with Crippen LogP contribution in [0.2, 0.25) is 0 Å². The molecule has 23 heavy (non-hydrogen) atoms. The van der Waals surface area contributed by atoms with Crippen molar-refractivity contribution in [3.05, 3.63) is 48.3 Å². The molecule has 1 amide bonds. The van der Waals surface area contributed by atoms with Gasteiger partial charge < -0.3 is 10.1 Å². The summed E-state index contributed by atoms with van der Waals surface area (Å²) >= 11 is 0. The van der Waals surface area contributed by atoms with Gasteiger partial charge in [0.25, 0.3) is 0 Å². The normalized spacial score (nSPS) is 25.0. The van der Waals surface area contributed by atoms with Crippen LogP contribution in [-0.4, -0.2) is 52.9 Å². The summed E-state index contributed by atoms with van der Waals surface area (Å²) < 4.78 is 7.44. The minimum Gasteiger partial charge on any atom is -0.378 e. The second-order valence-corrected chi connectivity index (χ2v) is 6.25. The molecular formula is C17H20N4O2. The fraction of sp³-hybridized carbons (Fsp3) is 0.412. The second-order valence-electron chi connectivity index (χ2n) is 6.25. The van der Waals surface area contributed by atoms with Crippen molar-refractivity contribution in [2.75, 3.05) is 26.3 Å². The number of benzene rings is 1. The molecule has 1 aromatic carbocycles. The van der Waals surface area contributed by atoms with Crippen molar-refractivity contribution < 1.29 is 9.53 Å². The highest BCUT2D eigenvalue weighted by Gasteiger charge is 2.33. The number of nitrogens with zero attached hydrogens (tertiary/aromatic N) is 3. The van der Waals surface area contributed by atoms with Gasteiger partial charge in [0.1, 0.15) is 0 Å². The summed E-state index contributed by atoms with van der Waals surface area (Å²) in [5, 5.41) is 7.35. The van der Waals surface area contributed by atoms with E-state index in [1.54, 1.807) is 6.20 Å². The first kappa shape index (κ1) is 14.4. The molecule has 2 aliphatic rings. The highest BCUT2D eigenvalue weighted by atomic mass is 16.5. The number of hydrogen-bond donors (Lipinski definition) is 1. The molecule has 1 N–H and O–H groups in total. The molecule has 2 aliphatic heterocycles. The molecule has 2 atom stereocenters. The Labute approximate surface area is 135 Å². The minimum atomic E-state index is -0.0724. The van der Waals surface area contributed by atoms with Crippen LogP contribution in [0.25, 0.3) is 5.69 Å². The summed E-state index contributed by atoms with van der Waals surface area (Å²) in [6.07, 6.45) is 3.72. The van der Waals surface area contributed by atoms with Crippen molar-refractivity contribution in [2.45, 2.75) is 12.6 Å². The third-order valence-corrected chi connectivity index (χ3v) is 4.40. The number of carbonyl (C=O) groups is 1. The lowest BCUT2D eigenvalue weighted by molar-refractivity contribution is -0.125. The van der Waals surface area contributed by atoms with Crippen LogP contribution < -0.4 is 5.32 Å². The Balaban J connectivity index is 1.52. The fourth-order valence-electron chi connectivity index (χ4n) is 3.33. The van der Waals surface area contributed by atoms with Gasteiger partial charge in [-0.05, 0) is 23.8 Å². The lowest BCUT2D eigenvalue weighted by atomic mass is 10.1. The van der Waals surface area contributed by atoms with Gasteiger partial charge in [-0.15, -0.1) is 0 Å². The summed E-state index contributed by atoms with van der Waals surface area (Å²) in [5.74, 6) is 0.0529. The molecule has 2 saturated heterocycles. The summed E-state index contributed by atoms with van der Waals surface area (Å²) in [5.41, 5.74) is 2.28. The van der Waals surface area contributed by atoms with E-state index in [-0.39, 0.29) is 17.9 Å². The number of hydrogen-bond acceptors (Lipinski definition) is 4. The molecule has 2 fully saturated rings.